The number of hydrogen-bond donors (Lipinski definition) is 1. The van der Waals surface area contributed by atoms with Crippen LogP contribution in [0.5, 0.6) is 5.75 Å². The van der Waals surface area contributed by atoms with E-state index in [0.29, 0.717) is 11.3 Å². The highest BCUT2D eigenvalue weighted by atomic mass is 32.2. The zero-order chi connectivity index (χ0) is 31.8. The molecule has 4 aromatic rings. The summed E-state index contributed by atoms with van der Waals surface area (Å²) >= 11 is 0.837. The minimum atomic E-state index is -4.84. The fourth-order valence-corrected chi connectivity index (χ4v) is 4.87. The molecule has 0 saturated carbocycles. The molecule has 9 nitrogen and oxygen atoms in total. The summed E-state index contributed by atoms with van der Waals surface area (Å²) in [6, 6.07) is 10.2. The number of hydrogen-bond acceptors (Lipinski definition) is 6. The van der Waals surface area contributed by atoms with Crippen LogP contribution in [0, 0.1) is 12.7 Å². The summed E-state index contributed by atoms with van der Waals surface area (Å²) < 4.78 is 96.9. The molecule has 1 saturated heterocycles. The molecule has 0 unspecified atom stereocenters. The molecule has 5 rings (SSSR count). The van der Waals surface area contributed by atoms with E-state index in [1.807, 2.05) is 0 Å². The Hall–Kier alpha value is -4.93. The Morgan fingerprint density at radius 3 is 2.41 bits per heavy atom. The van der Waals surface area contributed by atoms with Gasteiger partial charge in [0.25, 0.3) is 0 Å². The number of carbonyl (C=O) groups excluding carboxylic acids is 2. The van der Waals surface area contributed by atoms with E-state index in [1.54, 1.807) is 0 Å². The summed E-state index contributed by atoms with van der Waals surface area (Å²) in [7, 11) is 0. The summed E-state index contributed by atoms with van der Waals surface area (Å²) in [5.41, 5.74) is -0.480. The first kappa shape index (κ1) is 30.5. The normalized spacial score (nSPS) is 14.8. The average Bonchev–Trinajstić information content (AvgIpc) is 3.56. The molecule has 0 radical (unpaired) electrons. The largest absolute Gasteiger partial charge is 0.573 e. The molecule has 0 atom stereocenters. The molecule has 0 aliphatic carbocycles. The number of ether oxygens (including phenoxy) is 1. The van der Waals surface area contributed by atoms with Gasteiger partial charge in [0.2, 0.25) is 5.91 Å². The number of alkyl halides is 6. The van der Waals surface area contributed by atoms with Gasteiger partial charge in [0.1, 0.15) is 17.9 Å². The number of halogens is 7. The number of aromatic nitrogens is 3. The van der Waals surface area contributed by atoms with Crippen molar-refractivity contribution in [2.24, 2.45) is 4.99 Å². The van der Waals surface area contributed by atoms with Gasteiger partial charge in [0, 0.05) is 5.56 Å². The number of thioether (sulfide) groups is 1. The molecule has 1 aliphatic heterocycles. The predicted molar refractivity (Wildman–Crippen MR) is 146 cm³/mol. The average molecular weight is 639 g/mol. The SMILES string of the molecule is Cc1ccc(C(F)(F)F)cc1N1C(=O)CSC1=NC(=O)Nc1ccc(-c2ncn(-c3ccc(OC(F)(F)F)cc3)n2)cc1F. The highest BCUT2D eigenvalue weighted by Crippen LogP contribution is 2.36. The monoisotopic (exact) mass is 638 g/mol. The first-order valence-corrected chi connectivity index (χ1v) is 13.3. The minimum Gasteiger partial charge on any atom is -0.406 e. The summed E-state index contributed by atoms with van der Waals surface area (Å²) in [5, 5.41) is 6.24. The fourth-order valence-electron chi connectivity index (χ4n) is 4.01. The van der Waals surface area contributed by atoms with Crippen molar-refractivity contribution < 1.29 is 45.1 Å². The maximum absolute atomic E-state index is 14.9. The summed E-state index contributed by atoms with van der Waals surface area (Å²) in [6.45, 7) is 1.50. The number of urea groups is 1. The van der Waals surface area contributed by atoms with Gasteiger partial charge in [-0.3, -0.25) is 9.69 Å². The van der Waals surface area contributed by atoms with Crippen LogP contribution in [0.1, 0.15) is 11.1 Å². The smallest absolute Gasteiger partial charge is 0.406 e. The van der Waals surface area contributed by atoms with Crippen molar-refractivity contribution in [3.8, 4) is 22.8 Å². The van der Waals surface area contributed by atoms with Gasteiger partial charge in [-0.15, -0.1) is 18.3 Å². The Labute approximate surface area is 247 Å². The number of nitrogens with zero attached hydrogens (tertiary/aromatic N) is 5. The van der Waals surface area contributed by atoms with E-state index in [-0.39, 0.29) is 33.7 Å². The number of rotatable bonds is 5. The highest BCUT2D eigenvalue weighted by molar-refractivity contribution is 8.15. The fraction of sp³-hybridized carbons (Fsp3) is 0.148. The summed E-state index contributed by atoms with van der Waals surface area (Å²) in [6.07, 6.45) is -8.24. The van der Waals surface area contributed by atoms with Crippen LogP contribution in [0.15, 0.2) is 72.0 Å². The predicted octanol–water partition coefficient (Wildman–Crippen LogP) is 6.97. The number of amides is 3. The Morgan fingerprint density at radius 1 is 1.02 bits per heavy atom. The molecule has 0 bridgehead atoms. The molecular formula is C27H17F7N6O3S. The lowest BCUT2D eigenvalue weighted by atomic mass is 10.1. The van der Waals surface area contributed by atoms with E-state index >= 15 is 0 Å². The second-order valence-corrected chi connectivity index (χ2v) is 10.0. The Morgan fingerprint density at radius 2 is 1.75 bits per heavy atom. The van der Waals surface area contributed by atoms with Crippen molar-refractivity contribution in [1.29, 1.82) is 0 Å². The zero-order valence-electron chi connectivity index (χ0n) is 22.1. The molecule has 1 aromatic heterocycles. The first-order valence-electron chi connectivity index (χ1n) is 12.3. The number of amidine groups is 1. The Balaban J connectivity index is 1.31. The molecule has 1 aliphatic rings. The van der Waals surface area contributed by atoms with E-state index < -0.39 is 41.6 Å². The van der Waals surface area contributed by atoms with Gasteiger partial charge in [-0.1, -0.05) is 17.8 Å². The van der Waals surface area contributed by atoms with Crippen LogP contribution in [-0.4, -0.2) is 44.0 Å². The van der Waals surface area contributed by atoms with Gasteiger partial charge >= 0.3 is 18.6 Å². The molecule has 228 valence electrons. The van der Waals surface area contributed by atoms with E-state index in [9.17, 15) is 40.3 Å². The van der Waals surface area contributed by atoms with Crippen LogP contribution in [0.4, 0.5) is 46.9 Å². The second-order valence-electron chi connectivity index (χ2n) is 9.09. The minimum absolute atomic E-state index is 0.0607. The highest BCUT2D eigenvalue weighted by Gasteiger charge is 2.35. The summed E-state index contributed by atoms with van der Waals surface area (Å²) in [5.74, 6) is -2.02. The van der Waals surface area contributed by atoms with Crippen LogP contribution in [0.25, 0.3) is 17.1 Å². The third kappa shape index (κ3) is 6.82. The van der Waals surface area contributed by atoms with Crippen LogP contribution in [-0.2, 0) is 11.0 Å². The van der Waals surface area contributed by atoms with Gasteiger partial charge in [0.05, 0.1) is 28.4 Å². The van der Waals surface area contributed by atoms with Crippen molar-refractivity contribution in [3.63, 3.8) is 0 Å². The van der Waals surface area contributed by atoms with Gasteiger partial charge in [-0.2, -0.15) is 18.2 Å². The molecule has 0 spiro atoms. The topological polar surface area (TPSA) is 102 Å². The van der Waals surface area contributed by atoms with E-state index in [2.05, 4.69) is 25.1 Å². The number of benzene rings is 3. The van der Waals surface area contributed by atoms with Crippen LogP contribution < -0.4 is 15.0 Å². The van der Waals surface area contributed by atoms with Crippen molar-refractivity contribution in [1.82, 2.24) is 14.8 Å². The van der Waals surface area contributed by atoms with Crippen LogP contribution in [0.3, 0.4) is 0 Å². The molecule has 17 heteroatoms. The number of aryl methyl sites for hydroxylation is 1. The van der Waals surface area contributed by atoms with Crippen molar-refractivity contribution in [3.05, 3.63) is 83.9 Å². The van der Waals surface area contributed by atoms with Crippen molar-refractivity contribution in [2.45, 2.75) is 19.5 Å². The number of carbonyl (C=O) groups is 2. The van der Waals surface area contributed by atoms with Gasteiger partial charge < -0.3 is 10.1 Å². The lowest BCUT2D eigenvalue weighted by molar-refractivity contribution is -0.274. The second kappa shape index (κ2) is 11.6. The molecule has 2 heterocycles. The molecule has 3 aromatic carbocycles. The Bertz CT molecular complexity index is 1770. The molecular weight excluding hydrogens is 621 g/mol. The Kier molecular flexibility index (Phi) is 8.07. The third-order valence-corrected chi connectivity index (χ3v) is 6.96. The van der Waals surface area contributed by atoms with E-state index in [1.165, 1.54) is 48.3 Å². The van der Waals surface area contributed by atoms with Crippen LogP contribution >= 0.6 is 11.8 Å². The standard InChI is InChI=1S/C27H17F7N6O3S/c1-14-2-4-16(26(29,30)31)11-21(14)40-22(41)12-44-25(40)37-24(42)36-20-9-3-15(10-19(20)28)23-35-13-39(38-23)17-5-7-18(8-6-17)43-27(32,33)34/h2-11,13H,12H2,1H3,(H,36,42). The van der Waals surface area contributed by atoms with Crippen molar-refractivity contribution >= 4 is 40.2 Å². The lowest BCUT2D eigenvalue weighted by Crippen LogP contribution is -2.31. The molecule has 1 N–H and O–H groups in total. The zero-order valence-corrected chi connectivity index (χ0v) is 22.9. The summed E-state index contributed by atoms with van der Waals surface area (Å²) in [4.78, 5) is 33.9. The van der Waals surface area contributed by atoms with Gasteiger partial charge in [0.15, 0.2) is 11.0 Å². The number of anilines is 2. The first-order chi connectivity index (χ1) is 20.7. The van der Waals surface area contributed by atoms with Gasteiger partial charge in [-0.25, -0.2) is 18.9 Å². The maximum atomic E-state index is 14.9. The van der Waals surface area contributed by atoms with Gasteiger partial charge in [-0.05, 0) is 67.1 Å². The third-order valence-electron chi connectivity index (χ3n) is 6.04. The molecule has 1 fully saturated rings. The van der Waals surface area contributed by atoms with E-state index in [0.717, 1.165) is 47.0 Å². The number of aliphatic imine (C=N–C) groups is 1. The molecule has 44 heavy (non-hydrogen) atoms. The number of nitrogens with one attached hydrogen (secondary N) is 1. The van der Waals surface area contributed by atoms with Crippen LogP contribution in [0.2, 0.25) is 0 Å². The quantitative estimate of drug-likeness (QED) is 0.237. The molecule has 3 amide bonds. The van der Waals surface area contributed by atoms with E-state index in [4.69, 9.17) is 0 Å². The van der Waals surface area contributed by atoms with Crippen molar-refractivity contribution in [2.75, 3.05) is 16.0 Å². The lowest BCUT2D eigenvalue weighted by Gasteiger charge is -2.20. The maximum Gasteiger partial charge on any atom is 0.573 e.